The lowest BCUT2D eigenvalue weighted by molar-refractivity contribution is -0.146. The van der Waals surface area contributed by atoms with Gasteiger partial charge in [0.15, 0.2) is 0 Å². The molecule has 0 amide bonds. The highest BCUT2D eigenvalue weighted by molar-refractivity contribution is 5.69. The van der Waals surface area contributed by atoms with Crippen molar-refractivity contribution in [2.45, 2.75) is 38.7 Å². The summed E-state index contributed by atoms with van der Waals surface area (Å²) < 4.78 is 10.6. The molecule has 18 heavy (non-hydrogen) atoms. The summed E-state index contributed by atoms with van der Waals surface area (Å²) in [5.41, 5.74) is 2.41. The molecule has 1 aliphatic rings. The Balaban J connectivity index is 1.66. The molecule has 1 fully saturated rings. The van der Waals surface area contributed by atoms with Crippen LogP contribution in [0.5, 0.6) is 0 Å². The average Bonchev–Trinajstić information content (AvgIpc) is 2.89. The summed E-state index contributed by atoms with van der Waals surface area (Å²) in [5, 5.41) is 0. The molecule has 1 saturated heterocycles. The van der Waals surface area contributed by atoms with Crippen LogP contribution in [0.25, 0.3) is 0 Å². The Labute approximate surface area is 108 Å². The molecule has 3 heteroatoms. The van der Waals surface area contributed by atoms with Gasteiger partial charge in [0.2, 0.25) is 0 Å². The van der Waals surface area contributed by atoms with Gasteiger partial charge in [-0.1, -0.05) is 29.8 Å². The van der Waals surface area contributed by atoms with Gasteiger partial charge in [-0.25, -0.2) is 0 Å². The Morgan fingerprint density at radius 3 is 2.83 bits per heavy atom. The summed E-state index contributed by atoms with van der Waals surface area (Å²) in [7, 11) is 0. The third kappa shape index (κ3) is 4.15. The smallest absolute Gasteiger partial charge is 0.306 e. The fourth-order valence-corrected chi connectivity index (χ4v) is 2.03. The molecular formula is C15H20O3. The van der Waals surface area contributed by atoms with E-state index in [9.17, 15) is 4.79 Å². The molecule has 1 unspecified atom stereocenters. The molecule has 98 valence electrons. The third-order valence-electron chi connectivity index (χ3n) is 3.19. The predicted octanol–water partition coefficient (Wildman–Crippen LogP) is 2.65. The van der Waals surface area contributed by atoms with Gasteiger partial charge >= 0.3 is 5.97 Å². The van der Waals surface area contributed by atoms with E-state index in [-0.39, 0.29) is 12.1 Å². The van der Waals surface area contributed by atoms with E-state index in [0.717, 1.165) is 25.9 Å². The normalized spacial score (nSPS) is 18.8. The fraction of sp³-hybridized carbons (Fsp3) is 0.533. The molecule has 1 aliphatic heterocycles. The van der Waals surface area contributed by atoms with Gasteiger partial charge in [0, 0.05) is 13.0 Å². The van der Waals surface area contributed by atoms with Crippen LogP contribution in [-0.4, -0.2) is 25.3 Å². The maximum absolute atomic E-state index is 11.6. The van der Waals surface area contributed by atoms with Crippen molar-refractivity contribution < 1.29 is 14.3 Å². The van der Waals surface area contributed by atoms with Crippen molar-refractivity contribution in [2.75, 3.05) is 13.2 Å². The minimum absolute atomic E-state index is 0.119. The van der Waals surface area contributed by atoms with E-state index < -0.39 is 0 Å². The molecule has 0 radical (unpaired) electrons. The predicted molar refractivity (Wildman–Crippen MR) is 69.4 cm³/mol. The van der Waals surface area contributed by atoms with Crippen molar-refractivity contribution in [3.05, 3.63) is 35.4 Å². The molecule has 3 nitrogen and oxygen atoms in total. The molecule has 2 rings (SSSR count). The van der Waals surface area contributed by atoms with E-state index in [1.54, 1.807) is 0 Å². The lowest BCUT2D eigenvalue weighted by atomic mass is 10.1. The first-order valence-corrected chi connectivity index (χ1v) is 6.57. The maximum atomic E-state index is 11.6. The van der Waals surface area contributed by atoms with Crippen LogP contribution in [0.2, 0.25) is 0 Å². The van der Waals surface area contributed by atoms with Gasteiger partial charge in [-0.15, -0.1) is 0 Å². The first-order chi connectivity index (χ1) is 8.74. The van der Waals surface area contributed by atoms with E-state index in [2.05, 4.69) is 31.2 Å². The molecule has 0 N–H and O–H groups in total. The molecule has 0 aliphatic carbocycles. The van der Waals surface area contributed by atoms with Crippen LogP contribution in [0.4, 0.5) is 0 Å². The number of esters is 1. The van der Waals surface area contributed by atoms with E-state index in [1.165, 1.54) is 11.1 Å². The zero-order valence-electron chi connectivity index (χ0n) is 10.9. The zero-order chi connectivity index (χ0) is 12.8. The van der Waals surface area contributed by atoms with Crippen molar-refractivity contribution in [1.82, 2.24) is 0 Å². The number of hydrogen-bond acceptors (Lipinski definition) is 3. The zero-order valence-corrected chi connectivity index (χ0v) is 10.9. The summed E-state index contributed by atoms with van der Waals surface area (Å²) >= 11 is 0. The Morgan fingerprint density at radius 2 is 2.17 bits per heavy atom. The first kappa shape index (κ1) is 13.1. The average molecular weight is 248 g/mol. The number of rotatable bonds is 5. The number of benzene rings is 1. The van der Waals surface area contributed by atoms with E-state index in [4.69, 9.17) is 9.47 Å². The molecule has 1 atom stereocenters. The lowest BCUT2D eigenvalue weighted by Gasteiger charge is -2.10. The van der Waals surface area contributed by atoms with Crippen LogP contribution in [0.1, 0.15) is 30.4 Å². The van der Waals surface area contributed by atoms with Crippen molar-refractivity contribution in [1.29, 1.82) is 0 Å². The molecule has 0 aromatic heterocycles. The number of carbonyl (C=O) groups excluding carboxylic acids is 1. The van der Waals surface area contributed by atoms with Crippen LogP contribution >= 0.6 is 0 Å². The molecule has 0 bridgehead atoms. The molecule has 1 aromatic carbocycles. The Hall–Kier alpha value is -1.35. The summed E-state index contributed by atoms with van der Waals surface area (Å²) in [6.07, 6.45) is 3.38. The van der Waals surface area contributed by atoms with Crippen molar-refractivity contribution in [2.24, 2.45) is 0 Å². The largest absolute Gasteiger partial charge is 0.463 e. The van der Waals surface area contributed by atoms with Crippen LogP contribution in [-0.2, 0) is 20.7 Å². The van der Waals surface area contributed by atoms with Crippen molar-refractivity contribution in [3.8, 4) is 0 Å². The summed E-state index contributed by atoms with van der Waals surface area (Å²) in [6.45, 7) is 3.26. The molecule has 1 aromatic rings. The highest BCUT2D eigenvalue weighted by atomic mass is 16.6. The minimum atomic E-state index is -0.133. The van der Waals surface area contributed by atoms with Crippen LogP contribution in [0, 0.1) is 6.92 Å². The maximum Gasteiger partial charge on any atom is 0.306 e. The topological polar surface area (TPSA) is 35.5 Å². The summed E-state index contributed by atoms with van der Waals surface area (Å²) in [6, 6.07) is 8.24. The number of aryl methyl sites for hydroxylation is 2. The van der Waals surface area contributed by atoms with Crippen molar-refractivity contribution >= 4 is 5.97 Å². The second-order valence-electron chi connectivity index (χ2n) is 4.80. The number of ether oxygens (including phenoxy) is 2. The van der Waals surface area contributed by atoms with Gasteiger partial charge in [0.25, 0.3) is 0 Å². The van der Waals surface area contributed by atoms with Gasteiger partial charge in [0.05, 0.1) is 6.10 Å². The lowest BCUT2D eigenvalue weighted by Crippen LogP contribution is -2.18. The van der Waals surface area contributed by atoms with Crippen LogP contribution in [0.15, 0.2) is 24.3 Å². The second kappa shape index (κ2) is 6.55. The van der Waals surface area contributed by atoms with Crippen molar-refractivity contribution in [3.63, 3.8) is 0 Å². The van der Waals surface area contributed by atoms with E-state index >= 15 is 0 Å². The number of hydrogen-bond donors (Lipinski definition) is 0. The Kier molecular flexibility index (Phi) is 4.76. The minimum Gasteiger partial charge on any atom is -0.463 e. The first-order valence-electron chi connectivity index (χ1n) is 6.57. The molecule has 0 spiro atoms. The fourth-order valence-electron chi connectivity index (χ4n) is 2.03. The molecule has 0 saturated carbocycles. The van der Waals surface area contributed by atoms with Gasteiger partial charge in [0.1, 0.15) is 6.61 Å². The van der Waals surface area contributed by atoms with Gasteiger partial charge in [-0.05, 0) is 31.7 Å². The Bertz CT molecular complexity index is 377. The highest BCUT2D eigenvalue weighted by Crippen LogP contribution is 2.12. The summed E-state index contributed by atoms with van der Waals surface area (Å²) in [5.74, 6) is -0.133. The quantitative estimate of drug-likeness (QED) is 0.751. The monoisotopic (exact) mass is 248 g/mol. The second-order valence-corrected chi connectivity index (χ2v) is 4.80. The summed E-state index contributed by atoms with van der Waals surface area (Å²) in [4.78, 5) is 11.6. The Morgan fingerprint density at radius 1 is 1.39 bits per heavy atom. The SMILES string of the molecule is Cc1ccc(CCC(=O)OCC2CCCO2)cc1. The molecular weight excluding hydrogens is 228 g/mol. The van der Waals surface area contributed by atoms with Crippen LogP contribution in [0.3, 0.4) is 0 Å². The van der Waals surface area contributed by atoms with Crippen LogP contribution < -0.4 is 0 Å². The number of carbonyl (C=O) groups is 1. The highest BCUT2D eigenvalue weighted by Gasteiger charge is 2.17. The van der Waals surface area contributed by atoms with E-state index in [1.807, 2.05) is 0 Å². The van der Waals surface area contributed by atoms with Gasteiger partial charge in [-0.2, -0.15) is 0 Å². The van der Waals surface area contributed by atoms with E-state index in [0.29, 0.717) is 13.0 Å². The molecule has 1 heterocycles. The standard InChI is InChI=1S/C15H20O3/c1-12-4-6-13(7-5-12)8-9-15(16)18-11-14-3-2-10-17-14/h4-7,14H,2-3,8-11H2,1H3. The van der Waals surface area contributed by atoms with Gasteiger partial charge in [-0.3, -0.25) is 4.79 Å². The third-order valence-corrected chi connectivity index (χ3v) is 3.19. The van der Waals surface area contributed by atoms with Gasteiger partial charge < -0.3 is 9.47 Å².